The molecular weight excluding hydrogens is 1040 g/mol. The van der Waals surface area contributed by atoms with Crippen LogP contribution in [0.4, 0.5) is 0 Å². The van der Waals surface area contributed by atoms with E-state index in [2.05, 4.69) is 39.5 Å². The quantitative estimate of drug-likeness (QED) is 0.0171. The summed E-state index contributed by atoms with van der Waals surface area (Å²) in [5, 5.41) is 0. The van der Waals surface area contributed by atoms with E-state index in [9.17, 15) is 28.8 Å². The Kier molecular flexibility index (Phi) is 29.4. The lowest BCUT2D eigenvalue weighted by Crippen LogP contribution is -2.17. The average Bonchev–Trinajstić information content (AvgIpc) is 3.43. The first-order valence-corrected chi connectivity index (χ1v) is 28.6. The van der Waals surface area contributed by atoms with E-state index < -0.39 is 43.6 Å². The highest BCUT2D eigenvalue weighted by Gasteiger charge is 2.40. The fourth-order valence-electron chi connectivity index (χ4n) is 8.59. The Morgan fingerprint density at radius 2 is 0.562 bits per heavy atom. The van der Waals surface area contributed by atoms with Crippen LogP contribution in [0.5, 0.6) is 17.2 Å². The molecule has 0 aromatic heterocycles. The molecule has 0 unspecified atom stereocenters. The number of carbonyl (C=O) groups is 6. The van der Waals surface area contributed by atoms with Crippen LogP contribution >= 0.6 is 7.82 Å². The van der Waals surface area contributed by atoms with Gasteiger partial charge < -0.3 is 42.0 Å². The summed E-state index contributed by atoms with van der Waals surface area (Å²) in [6.45, 7) is 33.1. The van der Waals surface area contributed by atoms with E-state index in [-0.39, 0.29) is 93.9 Å². The second kappa shape index (κ2) is 35.2. The topological polar surface area (TPSA) is 203 Å². The first kappa shape index (κ1) is 66.8. The molecule has 3 rings (SSSR count). The van der Waals surface area contributed by atoms with E-state index in [1.807, 2.05) is 77.9 Å². The maximum absolute atomic E-state index is 17.0. The van der Waals surface area contributed by atoms with Crippen molar-refractivity contribution in [3.8, 4) is 17.2 Å². The lowest BCUT2D eigenvalue weighted by Gasteiger charge is -2.29. The van der Waals surface area contributed by atoms with Crippen LogP contribution in [0.15, 0.2) is 112 Å². The molecule has 0 spiro atoms. The molecule has 0 saturated heterocycles. The number of benzene rings is 3. The monoisotopic (exact) mass is 1120 g/mol. The minimum Gasteiger partial charge on any atom is -0.463 e. The zero-order valence-corrected chi connectivity index (χ0v) is 48.5. The van der Waals surface area contributed by atoms with Crippen molar-refractivity contribution in [2.75, 3.05) is 39.6 Å². The molecule has 0 amide bonds. The smallest absolute Gasteiger partial charge is 0.463 e. The fourth-order valence-corrected chi connectivity index (χ4v) is 10.0. The summed E-state index contributed by atoms with van der Waals surface area (Å²) in [5.74, 6) is -3.54. The standard InChI is InChI=1S/C63H81O16P/c1-13-55(64)71-37-19-25-46-31-34-49(43(7)8)61(52(46)28-22-40-74-58(67)16-4)77-80(70,78-62-50(44(9)10)35-32-47(26-20-38-72-56(65)14-2)53(62)29-23-41-75-59(68)17-5)79-63-51(45(11)12)36-33-48(27-21-39-73-57(66)15-3)54(63)30-24-42-76-60(69)18-6/h13-18,31-36,43-45H,1-6,19-30,37-42H2,7-12H3. The lowest BCUT2D eigenvalue weighted by molar-refractivity contribution is -0.138. The second-order valence-electron chi connectivity index (χ2n) is 19.4. The van der Waals surface area contributed by atoms with Gasteiger partial charge >= 0.3 is 43.6 Å². The van der Waals surface area contributed by atoms with Crippen LogP contribution in [-0.2, 0) is 100 Å². The summed E-state index contributed by atoms with van der Waals surface area (Å²) < 4.78 is 70.6. The van der Waals surface area contributed by atoms with Crippen molar-refractivity contribution in [3.05, 3.63) is 162 Å². The zero-order chi connectivity index (χ0) is 59.2. The Bertz CT molecular complexity index is 2420. The number of carbonyl (C=O) groups excluding carboxylic acids is 6. The normalized spacial score (nSPS) is 11.0. The predicted molar refractivity (Wildman–Crippen MR) is 308 cm³/mol. The van der Waals surface area contributed by atoms with Crippen LogP contribution in [0.3, 0.4) is 0 Å². The molecule has 0 atom stereocenters. The van der Waals surface area contributed by atoms with Crippen LogP contribution in [0, 0.1) is 0 Å². The summed E-state index contributed by atoms with van der Waals surface area (Å²) in [6, 6.07) is 11.5. The first-order valence-electron chi connectivity index (χ1n) is 27.1. The van der Waals surface area contributed by atoms with Crippen LogP contribution in [0.25, 0.3) is 0 Å². The van der Waals surface area contributed by atoms with Gasteiger partial charge in [0.15, 0.2) is 0 Å². The fraction of sp³-hybridized carbons (Fsp3) is 0.429. The van der Waals surface area contributed by atoms with Gasteiger partial charge in [0.05, 0.1) is 39.6 Å². The molecule has 3 aromatic carbocycles. The van der Waals surface area contributed by atoms with Crippen molar-refractivity contribution in [1.29, 1.82) is 0 Å². The number of phosphoric acid groups is 1. The van der Waals surface area contributed by atoms with E-state index in [0.717, 1.165) is 53.1 Å². The molecule has 17 heteroatoms. The Morgan fingerprint density at radius 3 is 0.750 bits per heavy atom. The van der Waals surface area contributed by atoms with Gasteiger partial charge in [-0.05, 0) is 145 Å². The number of hydrogen-bond acceptors (Lipinski definition) is 16. The van der Waals surface area contributed by atoms with E-state index >= 15 is 4.57 Å². The van der Waals surface area contributed by atoms with Crippen molar-refractivity contribution in [2.45, 2.75) is 136 Å². The van der Waals surface area contributed by atoms with Gasteiger partial charge in [-0.25, -0.2) is 28.8 Å². The summed E-state index contributed by atoms with van der Waals surface area (Å²) in [5.41, 5.74) is 6.17. The van der Waals surface area contributed by atoms with Gasteiger partial charge in [0.1, 0.15) is 17.2 Å². The van der Waals surface area contributed by atoms with E-state index in [0.29, 0.717) is 91.2 Å². The number of rotatable bonds is 39. The summed E-state index contributed by atoms with van der Waals surface area (Å²) in [6.07, 6.45) is 10.6. The molecule has 0 fully saturated rings. The molecule has 0 heterocycles. The molecular formula is C63H81O16P. The molecule has 0 N–H and O–H groups in total. The zero-order valence-electron chi connectivity index (χ0n) is 47.6. The number of phosphoric ester groups is 1. The molecule has 0 radical (unpaired) electrons. The van der Waals surface area contributed by atoms with Crippen molar-refractivity contribution < 1.29 is 75.3 Å². The SMILES string of the molecule is C=CC(=O)OCCCc1ccc(C(C)C)c(OP(=O)(Oc2c(C(C)C)ccc(CCCOC(=O)C=C)c2CCCOC(=O)C=C)Oc2c(C(C)C)ccc(CCCOC(=O)C=C)c2CCCOC(=O)C=C)c1CCCOC(=O)C=C. The van der Waals surface area contributed by atoms with E-state index in [1.54, 1.807) is 0 Å². The molecule has 0 aliphatic carbocycles. The summed E-state index contributed by atoms with van der Waals surface area (Å²) >= 11 is 0. The number of ether oxygens (including phenoxy) is 6. The molecule has 0 bridgehead atoms. The van der Waals surface area contributed by atoms with Gasteiger partial charge in [-0.15, -0.1) is 0 Å². The lowest BCUT2D eigenvalue weighted by atomic mass is 9.91. The first-order chi connectivity index (χ1) is 38.3. The minimum atomic E-state index is -5.09. The Hall–Kier alpha value is -7.45. The molecule has 0 aliphatic heterocycles. The van der Waals surface area contributed by atoms with Crippen LogP contribution < -0.4 is 13.6 Å². The average molecular weight is 1130 g/mol. The predicted octanol–water partition coefficient (Wildman–Crippen LogP) is 12.7. The van der Waals surface area contributed by atoms with Gasteiger partial charge in [-0.3, -0.25) is 0 Å². The molecule has 3 aromatic rings. The highest BCUT2D eigenvalue weighted by atomic mass is 31.2. The third-order valence-electron chi connectivity index (χ3n) is 12.6. The van der Waals surface area contributed by atoms with Crippen LogP contribution in [-0.4, -0.2) is 75.5 Å². The number of esters is 6. The Morgan fingerprint density at radius 1 is 0.362 bits per heavy atom. The van der Waals surface area contributed by atoms with Gasteiger partial charge in [0, 0.05) is 36.5 Å². The number of hydrogen-bond donors (Lipinski definition) is 0. The second-order valence-corrected chi connectivity index (χ2v) is 20.8. The van der Waals surface area contributed by atoms with E-state index in [1.165, 1.54) is 0 Å². The third-order valence-corrected chi connectivity index (χ3v) is 13.8. The summed E-state index contributed by atoms with van der Waals surface area (Å²) in [7, 11) is -5.09. The largest absolute Gasteiger partial charge is 0.647 e. The number of aryl methyl sites for hydroxylation is 3. The Labute approximate surface area is 472 Å². The molecule has 0 saturated carbocycles. The van der Waals surface area contributed by atoms with E-state index in [4.69, 9.17) is 42.0 Å². The molecule has 0 aliphatic rings. The maximum atomic E-state index is 17.0. The highest BCUT2D eigenvalue weighted by Crippen LogP contribution is 2.56. The van der Waals surface area contributed by atoms with Crippen molar-refractivity contribution in [3.63, 3.8) is 0 Å². The van der Waals surface area contributed by atoms with Crippen molar-refractivity contribution in [2.24, 2.45) is 0 Å². The van der Waals surface area contributed by atoms with Gasteiger partial charge in [0.2, 0.25) is 0 Å². The van der Waals surface area contributed by atoms with Crippen LogP contribution in [0.1, 0.15) is 148 Å². The molecule has 80 heavy (non-hydrogen) atoms. The van der Waals surface area contributed by atoms with Gasteiger partial charge in [-0.2, -0.15) is 4.57 Å². The van der Waals surface area contributed by atoms with Crippen molar-refractivity contribution in [1.82, 2.24) is 0 Å². The van der Waals surface area contributed by atoms with Gasteiger partial charge in [0.25, 0.3) is 0 Å². The van der Waals surface area contributed by atoms with Gasteiger partial charge in [-0.1, -0.05) is 117 Å². The summed E-state index contributed by atoms with van der Waals surface area (Å²) in [4.78, 5) is 72.9. The minimum absolute atomic E-state index is 0.0167. The molecule has 434 valence electrons. The van der Waals surface area contributed by atoms with Crippen molar-refractivity contribution >= 4 is 43.6 Å². The maximum Gasteiger partial charge on any atom is 0.647 e. The highest BCUT2D eigenvalue weighted by molar-refractivity contribution is 7.49. The Balaban J connectivity index is 2.55. The van der Waals surface area contributed by atoms with Crippen LogP contribution in [0.2, 0.25) is 0 Å². The molecule has 16 nitrogen and oxygen atoms in total. The third kappa shape index (κ3) is 22.0.